The molecule has 0 amide bonds. The molecule has 5 nitrogen and oxygen atoms in total. The molecule has 6 heteroatoms. The molecule has 0 bridgehead atoms. The van der Waals surface area contributed by atoms with Crippen molar-refractivity contribution in [2.24, 2.45) is 5.84 Å². The molecule has 1 aromatic heterocycles. The zero-order chi connectivity index (χ0) is 15.0. The molecule has 110 valence electrons. The van der Waals surface area contributed by atoms with Crippen molar-refractivity contribution in [2.45, 2.75) is 25.7 Å². The summed E-state index contributed by atoms with van der Waals surface area (Å²) in [7, 11) is 1.86. The van der Waals surface area contributed by atoms with Crippen molar-refractivity contribution in [1.82, 2.24) is 9.97 Å². The van der Waals surface area contributed by atoms with E-state index in [9.17, 15) is 4.39 Å². The van der Waals surface area contributed by atoms with Gasteiger partial charge < -0.3 is 10.3 Å². The van der Waals surface area contributed by atoms with Crippen molar-refractivity contribution in [1.29, 1.82) is 0 Å². The summed E-state index contributed by atoms with van der Waals surface area (Å²) in [6, 6.07) is 6.43. The normalized spacial score (nSPS) is 14.1. The van der Waals surface area contributed by atoms with Crippen LogP contribution in [-0.2, 0) is 0 Å². The van der Waals surface area contributed by atoms with Gasteiger partial charge in [-0.25, -0.2) is 20.2 Å². The Morgan fingerprint density at radius 1 is 1.33 bits per heavy atom. The van der Waals surface area contributed by atoms with Crippen LogP contribution in [-0.4, -0.2) is 17.0 Å². The first-order valence-electron chi connectivity index (χ1n) is 6.94. The predicted molar refractivity (Wildman–Crippen MR) is 81.0 cm³/mol. The van der Waals surface area contributed by atoms with E-state index < -0.39 is 0 Å². The first-order chi connectivity index (χ1) is 10.1. The number of hydrogen-bond acceptors (Lipinski definition) is 5. The van der Waals surface area contributed by atoms with Crippen LogP contribution in [0.2, 0.25) is 0 Å². The first-order valence-corrected chi connectivity index (χ1v) is 6.94. The molecule has 3 rings (SSSR count). The lowest BCUT2D eigenvalue weighted by Crippen LogP contribution is -2.18. The molecule has 0 spiro atoms. The number of anilines is 3. The van der Waals surface area contributed by atoms with Crippen LogP contribution in [0.25, 0.3) is 0 Å². The summed E-state index contributed by atoms with van der Waals surface area (Å²) in [4.78, 5) is 11.0. The number of benzene rings is 1. The highest BCUT2D eigenvalue weighted by Gasteiger charge is 2.28. The largest absolute Gasteiger partial charge is 0.329 e. The van der Waals surface area contributed by atoms with E-state index in [-0.39, 0.29) is 5.82 Å². The van der Waals surface area contributed by atoms with Gasteiger partial charge in [-0.05, 0) is 38.0 Å². The lowest BCUT2D eigenvalue weighted by Gasteiger charge is -2.22. The number of hydrogen-bond donors (Lipinski definition) is 2. The Labute approximate surface area is 123 Å². The Balaban J connectivity index is 2.05. The maximum Gasteiger partial charge on any atom is 0.148 e. The molecule has 0 saturated heterocycles. The smallest absolute Gasteiger partial charge is 0.148 e. The van der Waals surface area contributed by atoms with Crippen LogP contribution in [0.3, 0.4) is 0 Å². The molecule has 1 fully saturated rings. The van der Waals surface area contributed by atoms with Gasteiger partial charge in [-0.3, -0.25) is 0 Å². The second-order valence-electron chi connectivity index (χ2n) is 5.34. The van der Waals surface area contributed by atoms with Gasteiger partial charge in [0, 0.05) is 24.2 Å². The molecule has 0 atom stereocenters. The molecule has 1 aliphatic carbocycles. The van der Waals surface area contributed by atoms with E-state index in [2.05, 4.69) is 15.4 Å². The minimum atomic E-state index is -0.273. The predicted octanol–water partition coefficient (Wildman–Crippen LogP) is 2.86. The average Bonchev–Trinajstić information content (AvgIpc) is 3.31. The first kappa shape index (κ1) is 13.8. The van der Waals surface area contributed by atoms with E-state index >= 15 is 0 Å². The standard InChI is InChI=1S/C15H18FN5/c1-9-13(20-17)18-14(10-6-7-10)19-15(9)21(2)12-5-3-4-11(16)8-12/h3-5,8,10H,6-7,17H2,1-2H3,(H,18,19,20). The molecule has 0 aliphatic heterocycles. The SMILES string of the molecule is Cc1c(NN)nc(C2CC2)nc1N(C)c1cccc(F)c1. The van der Waals surface area contributed by atoms with Crippen LogP contribution < -0.4 is 16.2 Å². The number of nitrogens with two attached hydrogens (primary N) is 1. The van der Waals surface area contributed by atoms with Crippen molar-refractivity contribution >= 4 is 17.3 Å². The average molecular weight is 287 g/mol. The van der Waals surface area contributed by atoms with Crippen LogP contribution in [0.15, 0.2) is 24.3 Å². The summed E-state index contributed by atoms with van der Waals surface area (Å²) < 4.78 is 13.4. The van der Waals surface area contributed by atoms with Crippen LogP contribution >= 0.6 is 0 Å². The maximum absolute atomic E-state index is 13.4. The fourth-order valence-corrected chi connectivity index (χ4v) is 2.32. The summed E-state index contributed by atoms with van der Waals surface area (Å²) in [6.45, 7) is 1.90. The molecule has 0 radical (unpaired) electrons. The molecule has 0 unspecified atom stereocenters. The highest BCUT2D eigenvalue weighted by atomic mass is 19.1. The number of nitrogen functional groups attached to an aromatic ring is 1. The van der Waals surface area contributed by atoms with Crippen LogP contribution in [0.1, 0.15) is 30.1 Å². The molecule has 1 aromatic carbocycles. The molecule has 1 heterocycles. The van der Waals surface area contributed by atoms with E-state index in [1.807, 2.05) is 24.9 Å². The van der Waals surface area contributed by atoms with Crippen molar-refractivity contribution in [3.63, 3.8) is 0 Å². The number of rotatable bonds is 4. The van der Waals surface area contributed by atoms with E-state index in [0.717, 1.165) is 35.7 Å². The van der Waals surface area contributed by atoms with Gasteiger partial charge in [0.15, 0.2) is 0 Å². The summed E-state index contributed by atoms with van der Waals surface area (Å²) in [5, 5.41) is 0. The van der Waals surface area contributed by atoms with Crippen LogP contribution in [0, 0.1) is 12.7 Å². The van der Waals surface area contributed by atoms with Gasteiger partial charge in [0.1, 0.15) is 23.3 Å². The van der Waals surface area contributed by atoms with Gasteiger partial charge in [-0.2, -0.15) is 0 Å². The Bertz CT molecular complexity index is 669. The zero-order valence-electron chi connectivity index (χ0n) is 12.1. The zero-order valence-corrected chi connectivity index (χ0v) is 12.1. The molecule has 21 heavy (non-hydrogen) atoms. The highest BCUT2D eigenvalue weighted by molar-refractivity contribution is 5.66. The Hall–Kier alpha value is -2.21. The Morgan fingerprint density at radius 3 is 2.71 bits per heavy atom. The Kier molecular flexibility index (Phi) is 3.47. The number of hydrazine groups is 1. The maximum atomic E-state index is 13.4. The summed E-state index contributed by atoms with van der Waals surface area (Å²) in [5.41, 5.74) is 4.20. The van der Waals surface area contributed by atoms with Gasteiger partial charge in [-0.15, -0.1) is 0 Å². The topological polar surface area (TPSA) is 67.1 Å². The minimum absolute atomic E-state index is 0.273. The monoisotopic (exact) mass is 287 g/mol. The van der Waals surface area contributed by atoms with Crippen LogP contribution in [0.5, 0.6) is 0 Å². The number of halogens is 1. The lowest BCUT2D eigenvalue weighted by molar-refractivity contribution is 0.628. The molecule has 1 aliphatic rings. The summed E-state index contributed by atoms with van der Waals surface area (Å²) >= 11 is 0. The lowest BCUT2D eigenvalue weighted by atomic mass is 10.2. The third-order valence-corrected chi connectivity index (χ3v) is 3.73. The van der Waals surface area contributed by atoms with Gasteiger partial charge in [0.25, 0.3) is 0 Å². The third-order valence-electron chi connectivity index (χ3n) is 3.73. The van der Waals surface area contributed by atoms with Gasteiger partial charge in [0.05, 0.1) is 0 Å². The molecule has 3 N–H and O–H groups in total. The van der Waals surface area contributed by atoms with E-state index in [1.54, 1.807) is 6.07 Å². The van der Waals surface area contributed by atoms with Gasteiger partial charge >= 0.3 is 0 Å². The second kappa shape index (κ2) is 5.29. The fraction of sp³-hybridized carbons (Fsp3) is 0.333. The van der Waals surface area contributed by atoms with Gasteiger partial charge in [-0.1, -0.05) is 6.07 Å². The molecular weight excluding hydrogens is 269 g/mol. The Morgan fingerprint density at radius 2 is 2.10 bits per heavy atom. The minimum Gasteiger partial charge on any atom is -0.329 e. The van der Waals surface area contributed by atoms with E-state index in [0.29, 0.717) is 11.7 Å². The molecule has 1 saturated carbocycles. The third kappa shape index (κ3) is 2.67. The number of aromatic nitrogens is 2. The van der Waals surface area contributed by atoms with Crippen LogP contribution in [0.4, 0.5) is 21.7 Å². The van der Waals surface area contributed by atoms with Crippen molar-refractivity contribution in [3.8, 4) is 0 Å². The number of nitrogens with zero attached hydrogens (tertiary/aromatic N) is 3. The summed E-state index contributed by atoms with van der Waals surface area (Å²) in [6.07, 6.45) is 2.21. The van der Waals surface area contributed by atoms with Gasteiger partial charge in [0.2, 0.25) is 0 Å². The van der Waals surface area contributed by atoms with Crippen molar-refractivity contribution < 1.29 is 4.39 Å². The second-order valence-corrected chi connectivity index (χ2v) is 5.34. The van der Waals surface area contributed by atoms with E-state index in [4.69, 9.17) is 5.84 Å². The molecule has 2 aromatic rings. The van der Waals surface area contributed by atoms with Crippen molar-refractivity contribution in [2.75, 3.05) is 17.4 Å². The highest BCUT2D eigenvalue weighted by Crippen LogP contribution is 2.40. The van der Waals surface area contributed by atoms with Crippen molar-refractivity contribution in [3.05, 3.63) is 41.5 Å². The fourth-order valence-electron chi connectivity index (χ4n) is 2.32. The molecular formula is C15H18FN5. The number of nitrogens with one attached hydrogen (secondary N) is 1. The van der Waals surface area contributed by atoms with E-state index in [1.165, 1.54) is 12.1 Å². The quantitative estimate of drug-likeness (QED) is 0.668. The summed E-state index contributed by atoms with van der Waals surface area (Å²) in [5.74, 6) is 7.85.